The molecule has 0 fully saturated rings. The van der Waals surface area contributed by atoms with Gasteiger partial charge in [-0.1, -0.05) is 18.2 Å². The van der Waals surface area contributed by atoms with Gasteiger partial charge >= 0.3 is 5.97 Å². The number of benzene rings is 2. The summed E-state index contributed by atoms with van der Waals surface area (Å²) in [6, 6.07) is 15.1. The fraction of sp³-hybridized carbons (Fsp3) is 0.0500. The van der Waals surface area contributed by atoms with Crippen molar-refractivity contribution in [2.45, 2.75) is 6.92 Å². The summed E-state index contributed by atoms with van der Waals surface area (Å²) in [5, 5.41) is 0.876. The average molecular weight is 456 g/mol. The first kappa shape index (κ1) is 16.7. The molecule has 0 spiro atoms. The molecule has 2 aromatic carbocycles. The summed E-state index contributed by atoms with van der Waals surface area (Å²) in [6.45, 7) is 1.50. The normalized spacial score (nSPS) is 15.4. The molecule has 4 rings (SSSR count). The quantitative estimate of drug-likeness (QED) is 0.329. The van der Waals surface area contributed by atoms with Gasteiger partial charge in [-0.2, -0.15) is 0 Å². The third-order valence-corrected chi connectivity index (χ3v) is 4.81. The van der Waals surface area contributed by atoms with E-state index in [2.05, 4.69) is 27.6 Å². The fourth-order valence-corrected chi connectivity index (χ4v) is 3.21. The lowest BCUT2D eigenvalue weighted by atomic mass is 10.1. The standard InChI is InChI=1S/C20H13IN2O3/c1-12(24)23-11-14(16-4-2-3-5-18(16)23)10-17-20(25)26-19(22-17)13-6-8-15(21)9-7-13/h2-11H,1H3/b17-10-. The summed E-state index contributed by atoms with van der Waals surface area (Å²) in [6.07, 6.45) is 3.37. The largest absolute Gasteiger partial charge is 0.402 e. The van der Waals surface area contributed by atoms with Gasteiger partial charge in [-0.05, 0) is 59.0 Å². The van der Waals surface area contributed by atoms with E-state index < -0.39 is 5.97 Å². The van der Waals surface area contributed by atoms with Gasteiger partial charge in [-0.25, -0.2) is 9.79 Å². The Bertz CT molecular complexity index is 1110. The van der Waals surface area contributed by atoms with Gasteiger partial charge in [0.15, 0.2) is 5.70 Å². The molecule has 0 amide bonds. The molecule has 0 radical (unpaired) electrons. The molecule has 0 saturated carbocycles. The molecular formula is C20H13IN2O3. The molecule has 0 N–H and O–H groups in total. The van der Waals surface area contributed by atoms with Crippen molar-refractivity contribution in [2.24, 2.45) is 4.99 Å². The minimum Gasteiger partial charge on any atom is -0.402 e. The molecule has 1 aromatic heterocycles. The highest BCUT2D eigenvalue weighted by molar-refractivity contribution is 14.1. The Hall–Kier alpha value is -2.74. The first-order chi connectivity index (χ1) is 12.5. The summed E-state index contributed by atoms with van der Waals surface area (Å²) in [5.74, 6) is -0.311. The predicted molar refractivity (Wildman–Crippen MR) is 108 cm³/mol. The number of aliphatic imine (C=N–C) groups is 1. The van der Waals surface area contributed by atoms with Crippen molar-refractivity contribution in [3.05, 3.63) is 75.1 Å². The van der Waals surface area contributed by atoms with Crippen LogP contribution in [0.3, 0.4) is 0 Å². The SMILES string of the molecule is CC(=O)n1cc(/C=C2\N=C(c3ccc(I)cc3)OC2=O)c2ccccc21. The third kappa shape index (κ3) is 2.96. The lowest BCUT2D eigenvalue weighted by Gasteiger charge is -1.98. The maximum absolute atomic E-state index is 12.2. The van der Waals surface area contributed by atoms with Crippen molar-refractivity contribution in [2.75, 3.05) is 0 Å². The number of fused-ring (bicyclic) bond motifs is 1. The highest BCUT2D eigenvalue weighted by Crippen LogP contribution is 2.26. The fourth-order valence-electron chi connectivity index (χ4n) is 2.85. The number of aromatic nitrogens is 1. The number of carbonyl (C=O) groups is 2. The van der Waals surface area contributed by atoms with Crippen LogP contribution >= 0.6 is 22.6 Å². The number of hydrogen-bond acceptors (Lipinski definition) is 4. The van der Waals surface area contributed by atoms with E-state index in [1.807, 2.05) is 48.5 Å². The summed E-state index contributed by atoms with van der Waals surface area (Å²) in [4.78, 5) is 28.4. The maximum atomic E-state index is 12.2. The number of para-hydroxylation sites is 1. The summed E-state index contributed by atoms with van der Waals surface area (Å²) in [5.41, 5.74) is 2.49. The van der Waals surface area contributed by atoms with Crippen LogP contribution in [0.4, 0.5) is 0 Å². The molecule has 2 heterocycles. The van der Waals surface area contributed by atoms with Gasteiger partial charge < -0.3 is 4.74 Å². The smallest absolute Gasteiger partial charge is 0.363 e. The van der Waals surface area contributed by atoms with E-state index in [0.717, 1.165) is 25.6 Å². The van der Waals surface area contributed by atoms with E-state index in [1.54, 1.807) is 16.8 Å². The van der Waals surface area contributed by atoms with Gasteiger partial charge in [0.05, 0.1) is 5.52 Å². The second-order valence-corrected chi connectivity index (χ2v) is 7.08. The molecule has 1 aliphatic rings. The van der Waals surface area contributed by atoms with E-state index in [-0.39, 0.29) is 17.5 Å². The van der Waals surface area contributed by atoms with Crippen LogP contribution in [-0.4, -0.2) is 22.3 Å². The molecule has 0 aliphatic carbocycles. The lowest BCUT2D eigenvalue weighted by Crippen LogP contribution is -2.05. The van der Waals surface area contributed by atoms with Gasteiger partial charge in [0, 0.05) is 33.2 Å². The zero-order valence-electron chi connectivity index (χ0n) is 13.8. The van der Waals surface area contributed by atoms with Crippen LogP contribution in [0.25, 0.3) is 17.0 Å². The van der Waals surface area contributed by atoms with Crippen molar-refractivity contribution in [3.8, 4) is 0 Å². The second kappa shape index (κ2) is 6.53. The van der Waals surface area contributed by atoms with Gasteiger partial charge in [0.1, 0.15) is 0 Å². The molecule has 26 heavy (non-hydrogen) atoms. The molecule has 3 aromatic rings. The van der Waals surface area contributed by atoms with Gasteiger partial charge in [0.2, 0.25) is 11.8 Å². The molecule has 128 valence electrons. The van der Waals surface area contributed by atoms with Crippen LogP contribution in [0.15, 0.2) is 65.4 Å². The van der Waals surface area contributed by atoms with Crippen LogP contribution in [0.5, 0.6) is 0 Å². The first-order valence-electron chi connectivity index (χ1n) is 7.92. The highest BCUT2D eigenvalue weighted by atomic mass is 127. The Balaban J connectivity index is 1.79. The monoisotopic (exact) mass is 456 g/mol. The summed E-state index contributed by atoms with van der Waals surface area (Å²) in [7, 11) is 0. The van der Waals surface area contributed by atoms with Gasteiger partial charge in [-0.3, -0.25) is 9.36 Å². The molecule has 0 unspecified atom stereocenters. The zero-order chi connectivity index (χ0) is 18.3. The van der Waals surface area contributed by atoms with E-state index in [0.29, 0.717) is 0 Å². The first-order valence-corrected chi connectivity index (χ1v) is 9.00. The number of cyclic esters (lactones) is 1. The number of halogens is 1. The molecule has 0 saturated heterocycles. The van der Waals surface area contributed by atoms with Crippen LogP contribution in [0.1, 0.15) is 22.8 Å². The van der Waals surface area contributed by atoms with E-state index in [1.165, 1.54) is 6.92 Å². The van der Waals surface area contributed by atoms with Gasteiger partial charge in [0.25, 0.3) is 0 Å². The minimum absolute atomic E-state index is 0.0945. The number of ether oxygens (including phenoxy) is 1. The average Bonchev–Trinajstić information content (AvgIpc) is 3.18. The molecule has 5 nitrogen and oxygen atoms in total. The molecule has 0 atom stereocenters. The van der Waals surface area contributed by atoms with Crippen LogP contribution < -0.4 is 0 Å². The Morgan fingerprint density at radius 1 is 1.15 bits per heavy atom. The highest BCUT2D eigenvalue weighted by Gasteiger charge is 2.24. The Morgan fingerprint density at radius 3 is 2.62 bits per heavy atom. The van der Waals surface area contributed by atoms with Crippen LogP contribution in [0.2, 0.25) is 0 Å². The third-order valence-electron chi connectivity index (χ3n) is 4.09. The van der Waals surface area contributed by atoms with E-state index in [9.17, 15) is 9.59 Å². The minimum atomic E-state index is -0.502. The maximum Gasteiger partial charge on any atom is 0.363 e. The lowest BCUT2D eigenvalue weighted by molar-refractivity contribution is -0.129. The Morgan fingerprint density at radius 2 is 1.88 bits per heavy atom. The van der Waals surface area contributed by atoms with Crippen molar-refractivity contribution in [1.82, 2.24) is 4.57 Å². The number of rotatable bonds is 2. The van der Waals surface area contributed by atoms with Crippen LogP contribution in [-0.2, 0) is 9.53 Å². The zero-order valence-corrected chi connectivity index (χ0v) is 15.9. The summed E-state index contributed by atoms with van der Waals surface area (Å²) >= 11 is 2.21. The topological polar surface area (TPSA) is 60.7 Å². The number of carbonyl (C=O) groups excluding carboxylic acids is 2. The number of nitrogens with zero attached hydrogens (tertiary/aromatic N) is 2. The second-order valence-electron chi connectivity index (χ2n) is 5.83. The molecular weight excluding hydrogens is 443 g/mol. The Kier molecular flexibility index (Phi) is 4.20. The van der Waals surface area contributed by atoms with Crippen molar-refractivity contribution < 1.29 is 14.3 Å². The van der Waals surface area contributed by atoms with Crippen LogP contribution in [0, 0.1) is 3.57 Å². The van der Waals surface area contributed by atoms with Gasteiger partial charge in [-0.15, -0.1) is 0 Å². The van der Waals surface area contributed by atoms with Crippen molar-refractivity contribution in [3.63, 3.8) is 0 Å². The van der Waals surface area contributed by atoms with Crippen molar-refractivity contribution >= 4 is 57.3 Å². The molecule has 6 heteroatoms. The molecule has 1 aliphatic heterocycles. The van der Waals surface area contributed by atoms with E-state index in [4.69, 9.17) is 4.74 Å². The van der Waals surface area contributed by atoms with Crippen molar-refractivity contribution in [1.29, 1.82) is 0 Å². The Labute approximate surface area is 163 Å². The number of esters is 1. The predicted octanol–water partition coefficient (Wildman–Crippen LogP) is 4.25. The van der Waals surface area contributed by atoms with E-state index >= 15 is 0 Å². The summed E-state index contributed by atoms with van der Waals surface area (Å²) < 4.78 is 7.95. The molecule has 0 bridgehead atoms. The number of hydrogen-bond donors (Lipinski definition) is 0.